The molecule has 1 N–H and O–H groups in total. The molecule has 0 aliphatic carbocycles. The van der Waals surface area contributed by atoms with Crippen LogP contribution in [0.5, 0.6) is 0 Å². The molecule has 1 unspecified atom stereocenters. The average Bonchev–Trinajstić information content (AvgIpc) is 2.80. The van der Waals surface area contributed by atoms with Gasteiger partial charge in [0.15, 0.2) is 0 Å². The highest BCUT2D eigenvalue weighted by molar-refractivity contribution is 6.31. The van der Waals surface area contributed by atoms with Gasteiger partial charge in [-0.15, -0.1) is 0 Å². The Bertz CT molecular complexity index is 464. The van der Waals surface area contributed by atoms with Crippen LogP contribution in [-0.4, -0.2) is 6.54 Å². The van der Waals surface area contributed by atoms with E-state index in [1.165, 1.54) is 6.07 Å². The summed E-state index contributed by atoms with van der Waals surface area (Å²) < 4.78 is 19.2. The lowest BCUT2D eigenvalue weighted by molar-refractivity contribution is 0.442. The van der Waals surface area contributed by atoms with Gasteiger partial charge in [-0.25, -0.2) is 4.39 Å². The summed E-state index contributed by atoms with van der Waals surface area (Å²) in [6.07, 6.45) is 1.56. The Kier molecular flexibility index (Phi) is 3.82. The normalized spacial score (nSPS) is 12.6. The van der Waals surface area contributed by atoms with Crippen molar-refractivity contribution in [2.75, 3.05) is 6.54 Å². The van der Waals surface area contributed by atoms with Crippen molar-refractivity contribution in [1.29, 1.82) is 0 Å². The molecule has 0 fully saturated rings. The van der Waals surface area contributed by atoms with E-state index in [-0.39, 0.29) is 11.9 Å². The molecule has 0 bridgehead atoms. The maximum absolute atomic E-state index is 13.8. The van der Waals surface area contributed by atoms with Crippen molar-refractivity contribution in [3.8, 4) is 0 Å². The van der Waals surface area contributed by atoms with Crippen LogP contribution in [0.2, 0.25) is 5.02 Å². The van der Waals surface area contributed by atoms with Crippen LogP contribution >= 0.6 is 11.6 Å². The molecule has 0 spiro atoms. The van der Waals surface area contributed by atoms with Gasteiger partial charge in [0, 0.05) is 10.6 Å². The SMILES string of the molecule is CCNC(c1ccco1)c1c(F)cccc1Cl. The van der Waals surface area contributed by atoms with E-state index in [1.807, 2.05) is 6.92 Å². The highest BCUT2D eigenvalue weighted by Crippen LogP contribution is 2.30. The lowest BCUT2D eigenvalue weighted by Gasteiger charge is -2.17. The molecule has 90 valence electrons. The molecule has 2 aromatic rings. The molecule has 1 aromatic heterocycles. The molecule has 0 aliphatic heterocycles. The summed E-state index contributed by atoms with van der Waals surface area (Å²) in [7, 11) is 0. The molecule has 4 heteroatoms. The molecule has 17 heavy (non-hydrogen) atoms. The fourth-order valence-corrected chi connectivity index (χ4v) is 2.06. The fraction of sp³-hybridized carbons (Fsp3) is 0.231. The highest BCUT2D eigenvalue weighted by Gasteiger charge is 2.21. The van der Waals surface area contributed by atoms with Crippen LogP contribution in [0, 0.1) is 5.82 Å². The van der Waals surface area contributed by atoms with Crippen molar-refractivity contribution in [2.45, 2.75) is 13.0 Å². The molecule has 0 saturated carbocycles. The van der Waals surface area contributed by atoms with Crippen molar-refractivity contribution in [3.63, 3.8) is 0 Å². The van der Waals surface area contributed by atoms with E-state index in [0.29, 0.717) is 22.9 Å². The smallest absolute Gasteiger partial charge is 0.129 e. The van der Waals surface area contributed by atoms with E-state index >= 15 is 0 Å². The second-order valence-electron chi connectivity index (χ2n) is 3.64. The van der Waals surface area contributed by atoms with Crippen molar-refractivity contribution < 1.29 is 8.81 Å². The van der Waals surface area contributed by atoms with Crippen molar-refractivity contribution in [2.24, 2.45) is 0 Å². The monoisotopic (exact) mass is 253 g/mol. The zero-order valence-corrected chi connectivity index (χ0v) is 10.2. The molecule has 0 aliphatic rings. The Balaban J connectivity index is 2.46. The lowest BCUT2D eigenvalue weighted by atomic mass is 10.0. The largest absolute Gasteiger partial charge is 0.467 e. The van der Waals surface area contributed by atoms with Gasteiger partial charge in [-0.2, -0.15) is 0 Å². The molecule has 0 saturated heterocycles. The zero-order chi connectivity index (χ0) is 12.3. The van der Waals surface area contributed by atoms with Gasteiger partial charge in [-0.1, -0.05) is 24.6 Å². The first-order chi connectivity index (χ1) is 8.24. The highest BCUT2D eigenvalue weighted by atomic mass is 35.5. The van der Waals surface area contributed by atoms with Crippen LogP contribution in [-0.2, 0) is 0 Å². The van der Waals surface area contributed by atoms with E-state index in [9.17, 15) is 4.39 Å². The van der Waals surface area contributed by atoms with Gasteiger partial charge in [0.2, 0.25) is 0 Å². The summed E-state index contributed by atoms with van der Waals surface area (Å²) in [5, 5.41) is 3.56. The quantitative estimate of drug-likeness (QED) is 0.897. The summed E-state index contributed by atoms with van der Waals surface area (Å²) in [4.78, 5) is 0. The molecule has 0 amide bonds. The number of nitrogens with one attached hydrogen (secondary N) is 1. The van der Waals surface area contributed by atoms with Crippen LogP contribution < -0.4 is 5.32 Å². The van der Waals surface area contributed by atoms with E-state index in [2.05, 4.69) is 5.32 Å². The molecular weight excluding hydrogens is 241 g/mol. The molecule has 2 nitrogen and oxygen atoms in total. The van der Waals surface area contributed by atoms with E-state index in [1.54, 1.807) is 30.5 Å². The Morgan fingerprint density at radius 2 is 2.18 bits per heavy atom. The number of hydrogen-bond donors (Lipinski definition) is 1. The van der Waals surface area contributed by atoms with Gasteiger partial charge >= 0.3 is 0 Å². The predicted molar refractivity (Wildman–Crippen MR) is 65.6 cm³/mol. The number of hydrogen-bond acceptors (Lipinski definition) is 2. The van der Waals surface area contributed by atoms with E-state index < -0.39 is 0 Å². The molecule has 1 heterocycles. The molecule has 2 rings (SSSR count). The van der Waals surface area contributed by atoms with Gasteiger partial charge in [0.1, 0.15) is 11.6 Å². The predicted octanol–water partition coefficient (Wildman–Crippen LogP) is 3.77. The number of benzene rings is 1. The van der Waals surface area contributed by atoms with Crippen LogP contribution in [0.25, 0.3) is 0 Å². The first kappa shape index (κ1) is 12.1. The van der Waals surface area contributed by atoms with Gasteiger partial charge in [0.05, 0.1) is 12.3 Å². The summed E-state index contributed by atoms with van der Waals surface area (Å²) in [5.74, 6) is 0.318. The van der Waals surface area contributed by atoms with Crippen LogP contribution in [0.3, 0.4) is 0 Å². The Morgan fingerprint density at radius 1 is 1.35 bits per heavy atom. The van der Waals surface area contributed by atoms with E-state index in [4.69, 9.17) is 16.0 Å². The lowest BCUT2D eigenvalue weighted by Crippen LogP contribution is -2.22. The van der Waals surface area contributed by atoms with Gasteiger partial charge in [-0.3, -0.25) is 0 Å². The van der Waals surface area contributed by atoms with Gasteiger partial charge in [-0.05, 0) is 30.8 Å². The molecule has 0 radical (unpaired) electrons. The minimum absolute atomic E-state index is 0.333. The standard InChI is InChI=1S/C13H13ClFNO/c1-2-16-13(11-7-4-8-17-11)12-9(14)5-3-6-10(12)15/h3-8,13,16H,2H2,1H3. The summed E-state index contributed by atoms with van der Waals surface area (Å²) in [6, 6.07) is 7.88. The third-order valence-electron chi connectivity index (χ3n) is 2.52. The Hall–Kier alpha value is -1.32. The molecule has 1 atom stereocenters. The minimum Gasteiger partial charge on any atom is -0.467 e. The van der Waals surface area contributed by atoms with Gasteiger partial charge in [0.25, 0.3) is 0 Å². The van der Waals surface area contributed by atoms with Crippen LogP contribution in [0.15, 0.2) is 41.0 Å². The Labute approximate surface area is 104 Å². The number of furan rings is 1. The van der Waals surface area contributed by atoms with Crippen molar-refractivity contribution >= 4 is 11.6 Å². The minimum atomic E-state index is -0.358. The molecular formula is C13H13ClFNO. The van der Waals surface area contributed by atoms with Crippen molar-refractivity contribution in [3.05, 3.63) is 58.8 Å². The third-order valence-corrected chi connectivity index (χ3v) is 2.85. The first-order valence-corrected chi connectivity index (χ1v) is 5.82. The fourth-order valence-electron chi connectivity index (χ4n) is 1.79. The first-order valence-electron chi connectivity index (χ1n) is 5.44. The maximum Gasteiger partial charge on any atom is 0.129 e. The van der Waals surface area contributed by atoms with Gasteiger partial charge < -0.3 is 9.73 Å². The third kappa shape index (κ3) is 2.51. The number of halogens is 2. The molecule has 1 aromatic carbocycles. The van der Waals surface area contributed by atoms with Crippen LogP contribution in [0.4, 0.5) is 4.39 Å². The summed E-state index contributed by atoms with van der Waals surface area (Å²) in [5.41, 5.74) is 0.422. The van der Waals surface area contributed by atoms with E-state index in [0.717, 1.165) is 0 Å². The Morgan fingerprint density at radius 3 is 2.76 bits per heavy atom. The topological polar surface area (TPSA) is 25.2 Å². The second kappa shape index (κ2) is 5.34. The summed E-state index contributed by atoms with van der Waals surface area (Å²) in [6.45, 7) is 2.64. The van der Waals surface area contributed by atoms with Crippen LogP contribution in [0.1, 0.15) is 24.3 Å². The maximum atomic E-state index is 13.8. The average molecular weight is 254 g/mol. The second-order valence-corrected chi connectivity index (χ2v) is 4.05. The zero-order valence-electron chi connectivity index (χ0n) is 9.41. The van der Waals surface area contributed by atoms with Crippen molar-refractivity contribution in [1.82, 2.24) is 5.32 Å². The summed E-state index contributed by atoms with van der Waals surface area (Å²) >= 11 is 6.06. The number of rotatable bonds is 4.